The molecule has 0 bridgehead atoms. The van der Waals surface area contributed by atoms with Crippen molar-refractivity contribution in [1.82, 2.24) is 0 Å². The summed E-state index contributed by atoms with van der Waals surface area (Å²) in [4.78, 5) is 2.56. The summed E-state index contributed by atoms with van der Waals surface area (Å²) >= 11 is 3.77. The van der Waals surface area contributed by atoms with Gasteiger partial charge in [0.1, 0.15) is 0 Å². The van der Waals surface area contributed by atoms with Gasteiger partial charge in [0.25, 0.3) is 0 Å². The van der Waals surface area contributed by atoms with Gasteiger partial charge in [0.2, 0.25) is 0 Å². The first-order chi connectivity index (χ1) is 31.2. The lowest BCUT2D eigenvalue weighted by Crippen LogP contribution is -2.41. The Morgan fingerprint density at radius 1 is 0.381 bits per heavy atom. The Hall–Kier alpha value is -7.44. The van der Waals surface area contributed by atoms with Crippen molar-refractivity contribution in [2.75, 3.05) is 10.2 Å². The van der Waals surface area contributed by atoms with Crippen LogP contribution in [0.3, 0.4) is 0 Å². The number of nitrogens with one attached hydrogen (secondary N) is 1. The van der Waals surface area contributed by atoms with Gasteiger partial charge in [0.05, 0.1) is 0 Å². The number of thiophene rings is 2. The van der Waals surface area contributed by atoms with E-state index in [1.54, 1.807) is 0 Å². The molecule has 12 aromatic rings. The highest BCUT2D eigenvalue weighted by Gasteiger charge is 2.30. The lowest BCUT2D eigenvalue weighted by Gasteiger charge is -2.35. The molecule has 0 fully saturated rings. The maximum atomic E-state index is 3.93. The normalized spacial score (nSPS) is 12.2. The van der Waals surface area contributed by atoms with Crippen molar-refractivity contribution in [3.63, 3.8) is 0 Å². The topological polar surface area (TPSA) is 15.3 Å². The lowest BCUT2D eigenvalue weighted by molar-refractivity contribution is 1.31. The van der Waals surface area contributed by atoms with Gasteiger partial charge in [0.15, 0.2) is 7.28 Å². The van der Waals surface area contributed by atoms with Crippen molar-refractivity contribution in [1.29, 1.82) is 0 Å². The Bertz CT molecular complexity index is 3740. The highest BCUT2D eigenvalue weighted by molar-refractivity contribution is 7.26. The molecule has 0 amide bonds. The fourth-order valence-electron chi connectivity index (χ4n) is 9.79. The van der Waals surface area contributed by atoms with E-state index in [-0.39, 0.29) is 0 Å². The minimum atomic E-state index is 0.800. The molecule has 10 aromatic carbocycles. The smallest absolute Gasteiger partial charge is 0.198 e. The molecule has 0 aliphatic carbocycles. The van der Waals surface area contributed by atoms with Crippen molar-refractivity contribution in [2.24, 2.45) is 0 Å². The summed E-state index contributed by atoms with van der Waals surface area (Å²) < 4.78 is 5.24. The van der Waals surface area contributed by atoms with Gasteiger partial charge in [-0.1, -0.05) is 151 Å². The average Bonchev–Trinajstić information content (AvgIpc) is 3.90. The fraction of sp³-hybridized carbons (Fsp3) is 0. The van der Waals surface area contributed by atoms with E-state index in [0.717, 1.165) is 18.7 Å². The molecule has 1 N–H and O–H groups in total. The lowest BCUT2D eigenvalue weighted by atomic mass is 9.57. The van der Waals surface area contributed by atoms with Crippen LogP contribution >= 0.6 is 22.7 Å². The minimum Gasteiger partial charge on any atom is -0.355 e. The Labute approximate surface area is 374 Å². The molecule has 2 nitrogen and oxygen atoms in total. The summed E-state index contributed by atoms with van der Waals surface area (Å²) in [7, 11) is 0.800. The first kappa shape index (κ1) is 36.2. The number of nitrogens with zero attached hydrogens (tertiary/aromatic N) is 1. The molecule has 0 saturated heterocycles. The highest BCUT2D eigenvalue weighted by atomic mass is 32.1. The minimum absolute atomic E-state index is 0.800. The van der Waals surface area contributed by atoms with E-state index < -0.39 is 0 Å². The van der Waals surface area contributed by atoms with Crippen molar-refractivity contribution < 1.29 is 0 Å². The van der Waals surface area contributed by atoms with Crippen LogP contribution in [-0.2, 0) is 0 Å². The molecule has 13 rings (SSSR count). The largest absolute Gasteiger partial charge is 0.355 e. The van der Waals surface area contributed by atoms with Gasteiger partial charge in [0, 0.05) is 69.0 Å². The number of benzene rings is 10. The highest BCUT2D eigenvalue weighted by Crippen LogP contribution is 2.46. The predicted octanol–water partition coefficient (Wildman–Crippen LogP) is 15.5. The fourth-order valence-corrected chi connectivity index (χ4v) is 12.0. The van der Waals surface area contributed by atoms with Crippen LogP contribution in [0.5, 0.6) is 0 Å². The third-order valence-electron chi connectivity index (χ3n) is 12.8. The van der Waals surface area contributed by atoms with E-state index in [2.05, 4.69) is 223 Å². The van der Waals surface area contributed by atoms with Gasteiger partial charge in [-0.2, -0.15) is 0 Å². The van der Waals surface area contributed by atoms with Gasteiger partial charge in [-0.05, 0) is 116 Å². The van der Waals surface area contributed by atoms with Gasteiger partial charge >= 0.3 is 0 Å². The first-order valence-corrected chi connectivity index (χ1v) is 23.2. The molecule has 0 atom stereocenters. The van der Waals surface area contributed by atoms with E-state index >= 15 is 0 Å². The van der Waals surface area contributed by atoms with E-state index in [4.69, 9.17) is 0 Å². The van der Waals surface area contributed by atoms with Crippen LogP contribution in [0.1, 0.15) is 0 Å². The van der Waals surface area contributed by atoms with Crippen LogP contribution in [0, 0.1) is 0 Å². The second-order valence-electron chi connectivity index (χ2n) is 16.6. The summed E-state index contributed by atoms with van der Waals surface area (Å²) in [5.41, 5.74) is 15.6. The summed E-state index contributed by atoms with van der Waals surface area (Å²) in [6.07, 6.45) is 0. The quantitative estimate of drug-likeness (QED) is 0.168. The molecular formula is C58H37BN2S2. The number of fused-ring (bicyclic) bond motifs is 9. The number of anilines is 5. The zero-order valence-electron chi connectivity index (χ0n) is 34.2. The molecule has 2 aromatic heterocycles. The van der Waals surface area contributed by atoms with E-state index in [1.807, 2.05) is 22.7 Å². The van der Waals surface area contributed by atoms with Gasteiger partial charge in [-0.15, -0.1) is 22.7 Å². The van der Waals surface area contributed by atoms with Gasteiger partial charge < -0.3 is 10.2 Å². The van der Waals surface area contributed by atoms with E-state index in [9.17, 15) is 0 Å². The zero-order valence-corrected chi connectivity index (χ0v) is 35.8. The Morgan fingerprint density at radius 2 is 0.968 bits per heavy atom. The maximum absolute atomic E-state index is 3.93. The Balaban J connectivity index is 1.07. The van der Waals surface area contributed by atoms with E-state index in [0.29, 0.717) is 0 Å². The van der Waals surface area contributed by atoms with Crippen molar-refractivity contribution in [3.05, 3.63) is 212 Å². The molecule has 63 heavy (non-hydrogen) atoms. The molecule has 5 heteroatoms. The number of rotatable bonds is 6. The zero-order chi connectivity index (χ0) is 41.4. The maximum Gasteiger partial charge on any atom is 0.198 e. The summed E-state index contributed by atoms with van der Waals surface area (Å²) in [6.45, 7) is 0. The van der Waals surface area contributed by atoms with Crippen molar-refractivity contribution in [2.45, 2.75) is 0 Å². The summed E-state index contributed by atoms with van der Waals surface area (Å²) in [6, 6.07) is 78.4. The van der Waals surface area contributed by atoms with Crippen molar-refractivity contribution in [3.8, 4) is 33.4 Å². The second-order valence-corrected chi connectivity index (χ2v) is 18.7. The van der Waals surface area contributed by atoms with Crippen LogP contribution < -0.4 is 21.1 Å². The van der Waals surface area contributed by atoms with Crippen LogP contribution in [0.25, 0.3) is 84.5 Å². The molecule has 294 valence electrons. The molecule has 0 spiro atoms. The van der Waals surface area contributed by atoms with Gasteiger partial charge in [-0.25, -0.2) is 0 Å². The standard InChI is InChI=1S/C58H37BN2S2/c1-3-13-36(14-4-1)38-23-25-42(26-24-38)60-51-31-40-18-8-7-17-39(40)29-47(51)49-30-41(37-15-5-2-6-16-37)32-53-58(49)59-50-34-48-45-20-10-12-22-55(45)63-57(48)35-52(50)61(53)43-27-28-46-44-19-9-11-21-54(44)62-56(46)33-43/h1-35,59-60H. The molecule has 0 saturated carbocycles. The molecule has 1 aliphatic heterocycles. The van der Waals surface area contributed by atoms with Crippen LogP contribution in [-0.4, -0.2) is 7.28 Å². The Kier molecular flexibility index (Phi) is 8.40. The summed E-state index contributed by atoms with van der Waals surface area (Å²) in [5.74, 6) is 0. The van der Waals surface area contributed by atoms with Crippen LogP contribution in [0.15, 0.2) is 212 Å². The van der Waals surface area contributed by atoms with Crippen LogP contribution in [0.2, 0.25) is 0 Å². The summed E-state index contributed by atoms with van der Waals surface area (Å²) in [5, 5.41) is 11.6. The monoisotopic (exact) mass is 836 g/mol. The molecular weight excluding hydrogens is 800 g/mol. The average molecular weight is 837 g/mol. The first-order valence-electron chi connectivity index (χ1n) is 21.5. The third-order valence-corrected chi connectivity index (χ3v) is 15.1. The SMILES string of the molecule is B1c2cc3c(cc2N(c2ccc4c(c2)sc2ccccc24)c2cc(-c4ccccc4)cc(-c4cc5ccccc5cc4Nc4ccc(-c5ccccc5)cc4)c21)sc1ccccc13. The second kappa shape index (κ2) is 14.6. The molecule has 0 radical (unpaired) electrons. The third kappa shape index (κ3) is 6.15. The van der Waals surface area contributed by atoms with Gasteiger partial charge in [-0.3, -0.25) is 0 Å². The van der Waals surface area contributed by atoms with Crippen LogP contribution in [0.4, 0.5) is 28.4 Å². The molecule has 3 heterocycles. The molecule has 1 aliphatic rings. The van der Waals surface area contributed by atoms with E-state index in [1.165, 1.54) is 112 Å². The number of hydrogen-bond acceptors (Lipinski definition) is 4. The molecule has 0 unspecified atom stereocenters. The Morgan fingerprint density at radius 3 is 1.70 bits per heavy atom. The number of hydrogen-bond donors (Lipinski definition) is 1. The predicted molar refractivity (Wildman–Crippen MR) is 277 cm³/mol. The van der Waals surface area contributed by atoms with Crippen molar-refractivity contribution >= 4 is 120 Å².